The average Bonchev–Trinajstić information content (AvgIpc) is 2.93. The third kappa shape index (κ3) is 4.91. The van der Waals surface area contributed by atoms with E-state index in [2.05, 4.69) is 58.5 Å². The molecule has 34 heavy (non-hydrogen) atoms. The Balaban J connectivity index is 1.48. The molecular weight excluding hydrogens is 418 g/mol. The van der Waals surface area contributed by atoms with Gasteiger partial charge in [0.25, 0.3) is 5.91 Å². The minimum atomic E-state index is 0.140. The number of likely N-dealkylation sites (tertiary alicyclic amines) is 1. The van der Waals surface area contributed by atoms with Gasteiger partial charge >= 0.3 is 0 Å². The number of amides is 1. The summed E-state index contributed by atoms with van der Waals surface area (Å²) in [6, 6.07) is 24.8. The standard InChI is InChI=1S/C30H29N3O/c34-30(33-17-4-1-5-18-33)25-11-6-10-23(19-25)28-14-3-2-9-24(28)20-29(26-12-7-15-31-21-26)27-13-8-16-32-22-27/h2-3,6-16,19,21-22,29H,1,4-5,17-18,20H2. The Labute approximate surface area is 201 Å². The maximum Gasteiger partial charge on any atom is 0.253 e. The molecule has 0 atom stereocenters. The van der Waals surface area contributed by atoms with Crippen LogP contribution in [0.4, 0.5) is 0 Å². The van der Waals surface area contributed by atoms with Crippen LogP contribution in [0.2, 0.25) is 0 Å². The highest BCUT2D eigenvalue weighted by Crippen LogP contribution is 2.33. The van der Waals surface area contributed by atoms with Crippen molar-refractivity contribution in [3.63, 3.8) is 0 Å². The number of benzene rings is 2. The van der Waals surface area contributed by atoms with Crippen LogP contribution in [-0.2, 0) is 6.42 Å². The number of pyridine rings is 2. The summed E-state index contributed by atoms with van der Waals surface area (Å²) in [7, 11) is 0. The smallest absolute Gasteiger partial charge is 0.253 e. The molecule has 0 radical (unpaired) electrons. The number of aromatic nitrogens is 2. The highest BCUT2D eigenvalue weighted by molar-refractivity contribution is 5.95. The molecule has 1 fully saturated rings. The maximum atomic E-state index is 13.1. The number of nitrogens with zero attached hydrogens (tertiary/aromatic N) is 3. The summed E-state index contributed by atoms with van der Waals surface area (Å²) in [5, 5.41) is 0. The fourth-order valence-corrected chi connectivity index (χ4v) is 4.89. The number of carbonyl (C=O) groups is 1. The number of carbonyl (C=O) groups excluding carboxylic acids is 1. The number of rotatable bonds is 6. The molecule has 4 aromatic rings. The van der Waals surface area contributed by atoms with Crippen molar-refractivity contribution in [3.05, 3.63) is 120 Å². The first-order valence-corrected chi connectivity index (χ1v) is 12.1. The molecule has 4 heteroatoms. The van der Waals surface area contributed by atoms with E-state index in [1.807, 2.05) is 54.0 Å². The third-order valence-electron chi connectivity index (χ3n) is 6.68. The van der Waals surface area contributed by atoms with Gasteiger partial charge in [0.15, 0.2) is 0 Å². The average molecular weight is 448 g/mol. The molecule has 4 nitrogen and oxygen atoms in total. The largest absolute Gasteiger partial charge is 0.339 e. The fraction of sp³-hybridized carbons (Fsp3) is 0.233. The fourth-order valence-electron chi connectivity index (χ4n) is 4.89. The topological polar surface area (TPSA) is 46.1 Å². The van der Waals surface area contributed by atoms with Gasteiger partial charge in [-0.15, -0.1) is 0 Å². The van der Waals surface area contributed by atoms with Crippen LogP contribution in [-0.4, -0.2) is 33.9 Å². The van der Waals surface area contributed by atoms with Gasteiger partial charge < -0.3 is 4.90 Å². The number of hydrogen-bond acceptors (Lipinski definition) is 3. The Morgan fingerprint density at radius 3 is 2.18 bits per heavy atom. The molecular formula is C30H29N3O. The van der Waals surface area contributed by atoms with Gasteiger partial charge in [0.2, 0.25) is 0 Å². The minimum Gasteiger partial charge on any atom is -0.339 e. The van der Waals surface area contributed by atoms with E-state index in [0.717, 1.165) is 49.0 Å². The van der Waals surface area contributed by atoms with Crippen molar-refractivity contribution >= 4 is 5.91 Å². The third-order valence-corrected chi connectivity index (χ3v) is 6.68. The molecule has 3 heterocycles. The Bertz CT molecular complexity index is 1190. The van der Waals surface area contributed by atoms with Crippen LogP contribution >= 0.6 is 0 Å². The lowest BCUT2D eigenvalue weighted by atomic mass is 9.85. The zero-order valence-electron chi connectivity index (χ0n) is 19.3. The van der Waals surface area contributed by atoms with E-state index in [0.29, 0.717) is 0 Å². The monoisotopic (exact) mass is 447 g/mol. The van der Waals surface area contributed by atoms with E-state index < -0.39 is 0 Å². The summed E-state index contributed by atoms with van der Waals surface area (Å²) >= 11 is 0. The van der Waals surface area contributed by atoms with Gasteiger partial charge in [0.05, 0.1) is 0 Å². The zero-order valence-corrected chi connectivity index (χ0v) is 19.3. The van der Waals surface area contributed by atoms with E-state index in [9.17, 15) is 4.79 Å². The second kappa shape index (κ2) is 10.4. The quantitative estimate of drug-likeness (QED) is 0.356. The van der Waals surface area contributed by atoms with Crippen molar-refractivity contribution in [3.8, 4) is 11.1 Å². The van der Waals surface area contributed by atoms with Crippen LogP contribution in [0.1, 0.15) is 52.2 Å². The summed E-state index contributed by atoms with van der Waals surface area (Å²) in [5.74, 6) is 0.282. The number of piperidine rings is 1. The lowest BCUT2D eigenvalue weighted by molar-refractivity contribution is 0.0724. The van der Waals surface area contributed by atoms with Crippen LogP contribution < -0.4 is 0 Å². The van der Waals surface area contributed by atoms with Gasteiger partial charge in [-0.2, -0.15) is 0 Å². The van der Waals surface area contributed by atoms with E-state index in [-0.39, 0.29) is 11.8 Å². The minimum absolute atomic E-state index is 0.140. The van der Waals surface area contributed by atoms with Crippen LogP contribution in [0, 0.1) is 0 Å². The predicted octanol–water partition coefficient (Wildman–Crippen LogP) is 6.14. The Kier molecular flexibility index (Phi) is 6.76. The SMILES string of the molecule is O=C(c1cccc(-c2ccccc2CC(c2cccnc2)c2cccnc2)c1)N1CCCCC1. The van der Waals surface area contributed by atoms with Crippen molar-refractivity contribution in [1.29, 1.82) is 0 Å². The van der Waals surface area contributed by atoms with Crippen LogP contribution in [0.25, 0.3) is 11.1 Å². The van der Waals surface area contributed by atoms with Crippen LogP contribution in [0.3, 0.4) is 0 Å². The molecule has 0 unspecified atom stereocenters. The number of hydrogen-bond donors (Lipinski definition) is 0. The lowest BCUT2D eigenvalue weighted by Crippen LogP contribution is -2.35. The second-order valence-electron chi connectivity index (χ2n) is 8.92. The van der Waals surface area contributed by atoms with E-state index in [1.54, 1.807) is 0 Å². The highest BCUT2D eigenvalue weighted by atomic mass is 16.2. The molecule has 1 amide bonds. The molecule has 1 aliphatic rings. The molecule has 1 aliphatic heterocycles. The van der Waals surface area contributed by atoms with Crippen LogP contribution in [0.5, 0.6) is 0 Å². The van der Waals surface area contributed by atoms with Crippen molar-refractivity contribution < 1.29 is 4.79 Å². The Hall–Kier alpha value is -3.79. The van der Waals surface area contributed by atoms with Crippen molar-refractivity contribution in [2.45, 2.75) is 31.6 Å². The van der Waals surface area contributed by atoms with Gasteiger partial charge in [-0.1, -0.05) is 48.5 Å². The van der Waals surface area contributed by atoms with Gasteiger partial charge in [0, 0.05) is 49.4 Å². The molecule has 0 spiro atoms. The van der Waals surface area contributed by atoms with E-state index in [4.69, 9.17) is 0 Å². The van der Waals surface area contributed by atoms with Gasteiger partial charge in [0.1, 0.15) is 0 Å². The highest BCUT2D eigenvalue weighted by Gasteiger charge is 2.20. The molecule has 0 aliphatic carbocycles. The Morgan fingerprint density at radius 2 is 1.50 bits per heavy atom. The van der Waals surface area contributed by atoms with E-state index in [1.165, 1.54) is 23.1 Å². The summed E-state index contributed by atoms with van der Waals surface area (Å²) < 4.78 is 0. The molecule has 0 bridgehead atoms. The van der Waals surface area contributed by atoms with Crippen LogP contribution in [0.15, 0.2) is 97.6 Å². The first-order chi connectivity index (χ1) is 16.8. The van der Waals surface area contributed by atoms with Gasteiger partial charge in [-0.25, -0.2) is 0 Å². The normalized spacial score (nSPS) is 13.7. The molecule has 1 saturated heterocycles. The lowest BCUT2D eigenvalue weighted by Gasteiger charge is -2.27. The molecule has 0 saturated carbocycles. The van der Waals surface area contributed by atoms with E-state index >= 15 is 0 Å². The molecule has 0 N–H and O–H groups in total. The first-order valence-electron chi connectivity index (χ1n) is 12.1. The van der Waals surface area contributed by atoms with Gasteiger partial charge in [-0.3, -0.25) is 14.8 Å². The second-order valence-corrected chi connectivity index (χ2v) is 8.92. The Morgan fingerprint density at radius 1 is 0.794 bits per heavy atom. The molecule has 5 rings (SSSR count). The van der Waals surface area contributed by atoms with Crippen molar-refractivity contribution in [2.75, 3.05) is 13.1 Å². The molecule has 2 aromatic heterocycles. The summed E-state index contributed by atoms with van der Waals surface area (Å²) in [6.07, 6.45) is 11.7. The maximum absolute atomic E-state index is 13.1. The predicted molar refractivity (Wildman–Crippen MR) is 136 cm³/mol. The summed E-state index contributed by atoms with van der Waals surface area (Å²) in [4.78, 5) is 23.9. The summed E-state index contributed by atoms with van der Waals surface area (Å²) in [6.45, 7) is 1.72. The summed E-state index contributed by atoms with van der Waals surface area (Å²) in [5.41, 5.74) is 6.58. The van der Waals surface area contributed by atoms with Crippen molar-refractivity contribution in [1.82, 2.24) is 14.9 Å². The molecule has 170 valence electrons. The van der Waals surface area contributed by atoms with Crippen molar-refractivity contribution in [2.24, 2.45) is 0 Å². The zero-order chi connectivity index (χ0) is 23.2. The molecule has 2 aromatic carbocycles. The van der Waals surface area contributed by atoms with Gasteiger partial charge in [-0.05, 0) is 77.8 Å². The first kappa shape index (κ1) is 22.0.